The number of hydrogen-bond donors (Lipinski definition) is 2. The summed E-state index contributed by atoms with van der Waals surface area (Å²) in [5, 5.41) is 10.4. The molecule has 2 atom stereocenters. The van der Waals surface area contributed by atoms with Crippen LogP contribution in [0.5, 0.6) is 0 Å². The highest BCUT2D eigenvalue weighted by Gasteiger charge is 2.29. The van der Waals surface area contributed by atoms with Crippen LogP contribution in [-0.4, -0.2) is 30.2 Å². The minimum absolute atomic E-state index is 0. The predicted molar refractivity (Wildman–Crippen MR) is 96.8 cm³/mol. The van der Waals surface area contributed by atoms with Gasteiger partial charge in [-0.2, -0.15) is 0 Å². The Morgan fingerprint density at radius 1 is 1.48 bits per heavy atom. The van der Waals surface area contributed by atoms with E-state index in [1.807, 2.05) is 0 Å². The van der Waals surface area contributed by atoms with E-state index >= 15 is 0 Å². The Hall–Kier alpha value is -1.63. The molecule has 0 aliphatic carbocycles. The van der Waals surface area contributed by atoms with E-state index in [4.69, 9.17) is 16.1 Å². The van der Waals surface area contributed by atoms with E-state index in [2.05, 4.69) is 22.7 Å². The average molecular weight is 388 g/mol. The number of amides is 1. The summed E-state index contributed by atoms with van der Waals surface area (Å²) in [7, 11) is 0. The lowest BCUT2D eigenvalue weighted by Crippen LogP contribution is -2.48. The van der Waals surface area contributed by atoms with Crippen molar-refractivity contribution in [1.82, 2.24) is 15.8 Å². The van der Waals surface area contributed by atoms with E-state index in [9.17, 15) is 9.18 Å². The van der Waals surface area contributed by atoms with Crippen molar-refractivity contribution in [2.24, 2.45) is 5.92 Å². The Labute approximate surface area is 156 Å². The van der Waals surface area contributed by atoms with Gasteiger partial charge in [-0.05, 0) is 44.5 Å². The maximum Gasteiger partial charge on any atom is 0.257 e. The third-order valence-electron chi connectivity index (χ3n) is 4.39. The lowest BCUT2D eigenvalue weighted by atomic mass is 9.94. The summed E-state index contributed by atoms with van der Waals surface area (Å²) in [6.07, 6.45) is 0.840. The molecule has 1 aliphatic heterocycles. The van der Waals surface area contributed by atoms with Gasteiger partial charge in [-0.25, -0.2) is 4.39 Å². The number of nitrogens with one attached hydrogen (secondary N) is 2. The molecule has 0 bridgehead atoms. The summed E-state index contributed by atoms with van der Waals surface area (Å²) in [6.45, 7) is 5.40. The second-order valence-corrected chi connectivity index (χ2v) is 6.52. The van der Waals surface area contributed by atoms with E-state index < -0.39 is 5.82 Å². The first-order valence-corrected chi connectivity index (χ1v) is 8.29. The second-order valence-electron chi connectivity index (χ2n) is 6.11. The van der Waals surface area contributed by atoms with Crippen LogP contribution in [0.1, 0.15) is 29.5 Å². The molecule has 8 heteroatoms. The van der Waals surface area contributed by atoms with Crippen molar-refractivity contribution in [2.45, 2.75) is 26.3 Å². The number of carbonyl (C=O) groups is 1. The quantitative estimate of drug-likeness (QED) is 0.844. The fourth-order valence-corrected chi connectivity index (χ4v) is 3.26. The third-order valence-corrected chi connectivity index (χ3v) is 4.71. The van der Waals surface area contributed by atoms with Gasteiger partial charge in [-0.15, -0.1) is 12.4 Å². The first-order chi connectivity index (χ1) is 11.5. The number of hydrogen-bond acceptors (Lipinski definition) is 4. The third kappa shape index (κ3) is 3.97. The van der Waals surface area contributed by atoms with Crippen molar-refractivity contribution in [3.05, 3.63) is 40.4 Å². The Kier molecular flexibility index (Phi) is 6.43. The Morgan fingerprint density at radius 3 is 2.92 bits per heavy atom. The normalized spacial score (nSPS) is 20.0. The van der Waals surface area contributed by atoms with Crippen molar-refractivity contribution in [2.75, 3.05) is 13.1 Å². The second kappa shape index (κ2) is 8.17. The summed E-state index contributed by atoms with van der Waals surface area (Å²) < 4.78 is 19.4. The minimum atomic E-state index is -0.542. The van der Waals surface area contributed by atoms with E-state index in [-0.39, 0.29) is 46.2 Å². The Balaban J connectivity index is 0.00000225. The van der Waals surface area contributed by atoms with Gasteiger partial charge >= 0.3 is 0 Å². The van der Waals surface area contributed by atoms with Crippen molar-refractivity contribution in [3.8, 4) is 11.3 Å². The van der Waals surface area contributed by atoms with Gasteiger partial charge in [0.15, 0.2) is 0 Å². The van der Waals surface area contributed by atoms with Gasteiger partial charge < -0.3 is 15.2 Å². The lowest BCUT2D eigenvalue weighted by molar-refractivity contribution is 0.0913. The molecule has 2 N–H and O–H groups in total. The van der Waals surface area contributed by atoms with Crippen LogP contribution in [0.4, 0.5) is 4.39 Å². The molecule has 1 aliphatic rings. The summed E-state index contributed by atoms with van der Waals surface area (Å²) >= 11 is 6.10. The molecular weight excluding hydrogens is 368 g/mol. The Bertz CT molecular complexity index is 746. The molecular formula is C17H20Cl2FN3O2. The molecule has 5 nitrogen and oxygen atoms in total. The molecule has 2 aromatic rings. The SMILES string of the molecule is Cc1onc(-c2c(F)cccc2Cl)c1C(=O)NC1CCNCC1C.Cl. The van der Waals surface area contributed by atoms with Gasteiger partial charge in [0.2, 0.25) is 0 Å². The van der Waals surface area contributed by atoms with Crippen molar-refractivity contribution in [1.29, 1.82) is 0 Å². The zero-order valence-corrected chi connectivity index (χ0v) is 15.5. The minimum Gasteiger partial charge on any atom is -0.360 e. The fraction of sp³-hybridized carbons (Fsp3) is 0.412. The molecule has 2 unspecified atom stereocenters. The van der Waals surface area contributed by atoms with Crippen LogP contribution in [0.2, 0.25) is 5.02 Å². The summed E-state index contributed by atoms with van der Waals surface area (Å²) in [5.74, 6) is -0.214. The standard InChI is InChI=1S/C17H19ClFN3O2.ClH/c1-9-8-20-7-6-13(9)21-17(23)14-10(2)24-22-16(14)15-11(18)4-3-5-12(15)19;/h3-5,9,13,20H,6-8H2,1-2H3,(H,21,23);1H. The maximum atomic E-state index is 14.2. The predicted octanol–water partition coefficient (Wildman–Crippen LogP) is 3.59. The first kappa shape index (κ1) is 19.7. The summed E-state index contributed by atoms with van der Waals surface area (Å²) in [5.41, 5.74) is 0.446. The molecule has 1 fully saturated rings. The molecule has 1 aromatic carbocycles. The molecule has 0 radical (unpaired) electrons. The van der Waals surface area contributed by atoms with E-state index in [1.165, 1.54) is 12.1 Å². The van der Waals surface area contributed by atoms with Crippen molar-refractivity contribution in [3.63, 3.8) is 0 Å². The van der Waals surface area contributed by atoms with Crippen LogP contribution in [0.3, 0.4) is 0 Å². The van der Waals surface area contributed by atoms with Gasteiger partial charge in [0.25, 0.3) is 5.91 Å². The highest BCUT2D eigenvalue weighted by atomic mass is 35.5. The van der Waals surface area contributed by atoms with E-state index in [0.717, 1.165) is 19.5 Å². The topological polar surface area (TPSA) is 67.2 Å². The molecule has 1 amide bonds. The molecule has 0 saturated carbocycles. The zero-order valence-electron chi connectivity index (χ0n) is 13.9. The van der Waals surface area contributed by atoms with Crippen molar-refractivity contribution >= 4 is 29.9 Å². The van der Waals surface area contributed by atoms with Crippen LogP contribution < -0.4 is 10.6 Å². The van der Waals surface area contributed by atoms with Gasteiger partial charge in [0, 0.05) is 6.04 Å². The number of halogens is 3. The largest absolute Gasteiger partial charge is 0.360 e. The summed E-state index contributed by atoms with van der Waals surface area (Å²) in [6, 6.07) is 4.39. The van der Waals surface area contributed by atoms with E-state index in [1.54, 1.807) is 13.0 Å². The number of carbonyl (C=O) groups excluding carboxylic acids is 1. The number of aromatic nitrogens is 1. The van der Waals surface area contributed by atoms with Gasteiger partial charge in [-0.3, -0.25) is 4.79 Å². The van der Waals surface area contributed by atoms with Crippen LogP contribution in [0.25, 0.3) is 11.3 Å². The van der Waals surface area contributed by atoms with Gasteiger partial charge in [0.1, 0.15) is 22.8 Å². The molecule has 0 spiro atoms. The smallest absolute Gasteiger partial charge is 0.257 e. The van der Waals surface area contributed by atoms with Crippen LogP contribution in [0.15, 0.2) is 22.7 Å². The molecule has 1 aromatic heterocycles. The highest BCUT2D eigenvalue weighted by molar-refractivity contribution is 6.33. The molecule has 1 saturated heterocycles. The molecule has 25 heavy (non-hydrogen) atoms. The summed E-state index contributed by atoms with van der Waals surface area (Å²) in [4.78, 5) is 12.8. The number of rotatable bonds is 3. The maximum absolute atomic E-state index is 14.2. The van der Waals surface area contributed by atoms with Crippen LogP contribution >= 0.6 is 24.0 Å². The van der Waals surface area contributed by atoms with Crippen LogP contribution in [0, 0.1) is 18.7 Å². The number of piperidine rings is 1. The zero-order chi connectivity index (χ0) is 17.3. The van der Waals surface area contributed by atoms with Crippen molar-refractivity contribution < 1.29 is 13.7 Å². The monoisotopic (exact) mass is 387 g/mol. The number of benzene rings is 1. The van der Waals surface area contributed by atoms with Gasteiger partial charge in [0.05, 0.1) is 10.6 Å². The highest BCUT2D eigenvalue weighted by Crippen LogP contribution is 2.33. The Morgan fingerprint density at radius 2 is 2.24 bits per heavy atom. The molecule has 136 valence electrons. The molecule has 3 rings (SSSR count). The fourth-order valence-electron chi connectivity index (χ4n) is 3.00. The number of aryl methyl sites for hydroxylation is 1. The van der Waals surface area contributed by atoms with E-state index in [0.29, 0.717) is 11.7 Å². The number of nitrogens with zero attached hydrogens (tertiary/aromatic N) is 1. The van der Waals surface area contributed by atoms with Crippen LogP contribution in [-0.2, 0) is 0 Å². The first-order valence-electron chi connectivity index (χ1n) is 7.91. The molecule has 2 heterocycles. The van der Waals surface area contributed by atoms with Gasteiger partial charge in [-0.1, -0.05) is 29.7 Å². The lowest BCUT2D eigenvalue weighted by Gasteiger charge is -2.30. The average Bonchev–Trinajstić information content (AvgIpc) is 2.91.